The Morgan fingerprint density at radius 1 is 1.13 bits per heavy atom. The zero-order valence-electron chi connectivity index (χ0n) is 18.9. The van der Waals surface area contributed by atoms with Crippen molar-refractivity contribution in [3.8, 4) is 11.5 Å². The number of benzene rings is 2. The van der Waals surface area contributed by atoms with E-state index in [1.165, 1.54) is 18.1 Å². The average molecular weight is 410 g/mol. The molecule has 0 saturated carbocycles. The monoisotopic (exact) mass is 409 g/mol. The Labute approximate surface area is 178 Å². The van der Waals surface area contributed by atoms with Crippen molar-refractivity contribution in [1.29, 1.82) is 0 Å². The molecule has 3 aromatic rings. The van der Waals surface area contributed by atoms with Crippen molar-refractivity contribution < 1.29 is 19.0 Å². The van der Waals surface area contributed by atoms with E-state index in [-0.39, 0.29) is 12.1 Å². The van der Waals surface area contributed by atoms with Crippen LogP contribution in [0.4, 0.5) is 0 Å². The van der Waals surface area contributed by atoms with E-state index in [0.29, 0.717) is 12.2 Å². The zero-order chi connectivity index (χ0) is 22.0. The number of ether oxygens (including phenoxy) is 3. The highest BCUT2D eigenvalue weighted by Gasteiger charge is 2.23. The van der Waals surface area contributed by atoms with Crippen molar-refractivity contribution >= 4 is 27.8 Å². The van der Waals surface area contributed by atoms with Gasteiger partial charge in [-0.25, -0.2) is 0 Å². The minimum absolute atomic E-state index is 0.248. The summed E-state index contributed by atoms with van der Waals surface area (Å²) in [6, 6.07) is 6.48. The first kappa shape index (κ1) is 21.8. The van der Waals surface area contributed by atoms with Gasteiger partial charge in [0.05, 0.1) is 25.1 Å². The second-order valence-electron chi connectivity index (χ2n) is 8.03. The Hall–Kier alpha value is -2.95. The quantitative estimate of drug-likeness (QED) is 0.405. The Balaban J connectivity index is 2.28. The second kappa shape index (κ2) is 8.82. The van der Waals surface area contributed by atoms with Crippen molar-refractivity contribution in [2.45, 2.75) is 53.6 Å². The van der Waals surface area contributed by atoms with Crippen LogP contribution in [0.3, 0.4) is 0 Å². The van der Waals surface area contributed by atoms with Crippen LogP contribution < -0.4 is 9.47 Å². The lowest BCUT2D eigenvalue weighted by Crippen LogP contribution is -2.16. The summed E-state index contributed by atoms with van der Waals surface area (Å²) in [5.74, 6) is 1.16. The van der Waals surface area contributed by atoms with Crippen LogP contribution >= 0.6 is 0 Å². The number of hydrogen-bond acceptors (Lipinski definition) is 4. The van der Waals surface area contributed by atoms with Crippen molar-refractivity contribution in [3.05, 3.63) is 46.5 Å². The fourth-order valence-electron chi connectivity index (χ4n) is 4.07. The number of carbonyl (C=O) groups is 1. The van der Waals surface area contributed by atoms with Crippen LogP contribution in [0.25, 0.3) is 21.8 Å². The molecule has 0 aliphatic heterocycles. The number of esters is 1. The SMILES string of the molecule is COc1c(C)c(C[C@@H](C)OC(C)=O)c2[nH]c3ccc(CC=C(C)C)cc3c2c1OC. The third-order valence-electron chi connectivity index (χ3n) is 5.40. The van der Waals surface area contributed by atoms with Crippen LogP contribution in [0, 0.1) is 6.92 Å². The van der Waals surface area contributed by atoms with Crippen LogP contribution in [-0.2, 0) is 22.4 Å². The first-order valence-corrected chi connectivity index (χ1v) is 10.2. The maximum absolute atomic E-state index is 11.4. The summed E-state index contributed by atoms with van der Waals surface area (Å²) in [5, 5.41) is 2.10. The molecule has 0 bridgehead atoms. The minimum Gasteiger partial charge on any atom is -0.493 e. The van der Waals surface area contributed by atoms with Crippen molar-refractivity contribution in [2.75, 3.05) is 14.2 Å². The topological polar surface area (TPSA) is 60.5 Å². The van der Waals surface area contributed by atoms with Gasteiger partial charge in [-0.1, -0.05) is 17.7 Å². The minimum atomic E-state index is -0.280. The molecule has 0 aliphatic carbocycles. The van der Waals surface area contributed by atoms with Crippen LogP contribution in [-0.4, -0.2) is 31.3 Å². The first-order chi connectivity index (χ1) is 14.3. The van der Waals surface area contributed by atoms with Gasteiger partial charge in [0.2, 0.25) is 0 Å². The van der Waals surface area contributed by atoms with E-state index in [0.717, 1.165) is 45.1 Å². The summed E-state index contributed by atoms with van der Waals surface area (Å²) in [4.78, 5) is 15.0. The number of fused-ring (bicyclic) bond motifs is 3. The predicted molar refractivity (Wildman–Crippen MR) is 122 cm³/mol. The molecule has 1 N–H and O–H groups in total. The van der Waals surface area contributed by atoms with E-state index in [9.17, 15) is 4.79 Å². The van der Waals surface area contributed by atoms with E-state index in [2.05, 4.69) is 43.1 Å². The molecule has 5 heteroatoms. The Morgan fingerprint density at radius 3 is 2.43 bits per heavy atom. The Morgan fingerprint density at radius 2 is 1.83 bits per heavy atom. The van der Waals surface area contributed by atoms with E-state index in [4.69, 9.17) is 14.2 Å². The molecule has 30 heavy (non-hydrogen) atoms. The van der Waals surface area contributed by atoms with E-state index < -0.39 is 0 Å². The standard InChI is InChI=1S/C25H31NO4/c1-14(2)8-9-18-10-11-21-20(13-18)22-23(26-21)19(12-15(3)30-17(5)27)16(4)24(28-6)25(22)29-7/h8,10-11,13,15,26H,9,12H2,1-7H3/t15-/m1/s1. The number of allylic oxidation sites excluding steroid dienone is 2. The molecule has 0 saturated heterocycles. The van der Waals surface area contributed by atoms with Gasteiger partial charge in [0.15, 0.2) is 11.5 Å². The summed E-state index contributed by atoms with van der Waals surface area (Å²) < 4.78 is 17.0. The molecule has 0 fully saturated rings. The summed E-state index contributed by atoms with van der Waals surface area (Å²) in [6.45, 7) is 9.57. The van der Waals surface area contributed by atoms with Gasteiger partial charge < -0.3 is 19.2 Å². The predicted octanol–water partition coefficient (Wildman–Crippen LogP) is 5.65. The molecule has 0 spiro atoms. The van der Waals surface area contributed by atoms with Crippen LogP contribution in [0.15, 0.2) is 29.8 Å². The van der Waals surface area contributed by atoms with E-state index in [1.54, 1.807) is 14.2 Å². The average Bonchev–Trinajstić information content (AvgIpc) is 3.05. The number of H-pyrrole nitrogens is 1. The summed E-state index contributed by atoms with van der Waals surface area (Å²) in [7, 11) is 3.33. The molecule has 160 valence electrons. The Bertz CT molecular complexity index is 1120. The smallest absolute Gasteiger partial charge is 0.302 e. The van der Waals surface area contributed by atoms with E-state index >= 15 is 0 Å². The molecule has 0 aliphatic rings. The van der Waals surface area contributed by atoms with Crippen molar-refractivity contribution in [1.82, 2.24) is 4.98 Å². The lowest BCUT2D eigenvalue weighted by molar-refractivity contribution is -0.145. The highest BCUT2D eigenvalue weighted by Crippen LogP contribution is 2.45. The van der Waals surface area contributed by atoms with Gasteiger partial charge in [-0.05, 0) is 57.4 Å². The van der Waals surface area contributed by atoms with Gasteiger partial charge in [0, 0.05) is 29.8 Å². The molecule has 3 rings (SSSR count). The van der Waals surface area contributed by atoms with Gasteiger partial charge in [0.1, 0.15) is 6.10 Å². The molecule has 1 atom stereocenters. The lowest BCUT2D eigenvalue weighted by atomic mass is 9.96. The normalized spacial score (nSPS) is 12.1. The first-order valence-electron chi connectivity index (χ1n) is 10.2. The number of rotatable bonds is 7. The van der Waals surface area contributed by atoms with Gasteiger partial charge >= 0.3 is 5.97 Å². The number of nitrogens with one attached hydrogen (secondary N) is 1. The Kier molecular flexibility index (Phi) is 6.40. The maximum Gasteiger partial charge on any atom is 0.302 e. The molecular weight excluding hydrogens is 378 g/mol. The summed E-state index contributed by atoms with van der Waals surface area (Å²) >= 11 is 0. The summed E-state index contributed by atoms with van der Waals surface area (Å²) in [6.07, 6.45) is 3.44. The second-order valence-corrected chi connectivity index (χ2v) is 8.03. The van der Waals surface area contributed by atoms with Crippen molar-refractivity contribution in [2.24, 2.45) is 0 Å². The third-order valence-corrected chi connectivity index (χ3v) is 5.40. The number of aromatic amines is 1. The molecule has 1 aromatic heterocycles. The van der Waals surface area contributed by atoms with E-state index in [1.807, 2.05) is 13.8 Å². The molecule has 0 amide bonds. The van der Waals surface area contributed by atoms with Gasteiger partial charge in [-0.3, -0.25) is 4.79 Å². The molecule has 1 heterocycles. The fraction of sp³-hybridized carbons (Fsp3) is 0.400. The molecule has 5 nitrogen and oxygen atoms in total. The molecule has 0 radical (unpaired) electrons. The fourth-order valence-corrected chi connectivity index (χ4v) is 4.07. The maximum atomic E-state index is 11.4. The highest BCUT2D eigenvalue weighted by molar-refractivity contribution is 6.13. The number of hydrogen-bond donors (Lipinski definition) is 1. The lowest BCUT2D eigenvalue weighted by Gasteiger charge is -2.19. The van der Waals surface area contributed by atoms with Crippen molar-refractivity contribution in [3.63, 3.8) is 0 Å². The van der Waals surface area contributed by atoms with Gasteiger partial charge in [0.25, 0.3) is 0 Å². The zero-order valence-corrected chi connectivity index (χ0v) is 18.9. The van der Waals surface area contributed by atoms with Crippen LogP contribution in [0.2, 0.25) is 0 Å². The van der Waals surface area contributed by atoms with Gasteiger partial charge in [-0.15, -0.1) is 0 Å². The largest absolute Gasteiger partial charge is 0.493 e. The highest BCUT2D eigenvalue weighted by atomic mass is 16.5. The van der Waals surface area contributed by atoms with Crippen LogP contribution in [0.5, 0.6) is 11.5 Å². The number of carbonyl (C=O) groups excluding carboxylic acids is 1. The molecule has 0 unspecified atom stereocenters. The van der Waals surface area contributed by atoms with Gasteiger partial charge in [-0.2, -0.15) is 0 Å². The summed E-state index contributed by atoms with van der Waals surface area (Å²) in [5.41, 5.74) is 6.62. The molecular formula is C25H31NO4. The number of aromatic nitrogens is 1. The number of methoxy groups -OCH3 is 2. The third kappa shape index (κ3) is 4.16. The van der Waals surface area contributed by atoms with Crippen LogP contribution in [0.1, 0.15) is 44.4 Å². The molecule has 2 aromatic carbocycles.